The molecule has 1 N–H and O–H groups in total. The fourth-order valence-electron chi connectivity index (χ4n) is 5.79. The summed E-state index contributed by atoms with van der Waals surface area (Å²) in [5.74, 6) is 1.84. The quantitative estimate of drug-likeness (QED) is 0.628. The maximum Gasteiger partial charge on any atom is 0.194 e. The number of rotatable bonds is 2. The Morgan fingerprint density at radius 1 is 1.26 bits per heavy atom. The first kappa shape index (κ1) is 15.7. The summed E-state index contributed by atoms with van der Waals surface area (Å²) >= 11 is 0. The number of fused-ring (bicyclic) bond motifs is 1. The van der Waals surface area contributed by atoms with Crippen molar-refractivity contribution in [1.29, 1.82) is 0 Å². The average Bonchev–Trinajstić information content (AvgIpc) is 3.25. The van der Waals surface area contributed by atoms with E-state index in [2.05, 4.69) is 31.0 Å². The van der Waals surface area contributed by atoms with Crippen LogP contribution in [-0.4, -0.2) is 49.2 Å². The second-order valence-electron chi connectivity index (χ2n) is 8.86. The zero-order valence-corrected chi connectivity index (χ0v) is 15.1. The predicted octanol–water partition coefficient (Wildman–Crippen LogP) is 3.03. The molecule has 2 saturated carbocycles. The lowest BCUT2D eigenvalue weighted by Gasteiger charge is -2.55. The van der Waals surface area contributed by atoms with Gasteiger partial charge in [-0.05, 0) is 38.0 Å². The van der Waals surface area contributed by atoms with E-state index in [1.54, 1.807) is 0 Å². The second kappa shape index (κ2) is 5.65. The zero-order chi connectivity index (χ0) is 16.1. The Kier molecular flexibility index (Phi) is 3.86. The molecular weight excluding hydrogens is 286 g/mol. The van der Waals surface area contributed by atoms with E-state index < -0.39 is 0 Å². The third-order valence-electron chi connectivity index (χ3n) is 7.10. The number of hydrogen-bond donors (Lipinski definition) is 1. The fourth-order valence-corrected chi connectivity index (χ4v) is 5.79. The van der Waals surface area contributed by atoms with Gasteiger partial charge in [0.05, 0.1) is 6.10 Å². The molecule has 0 aromatic carbocycles. The Morgan fingerprint density at radius 3 is 2.78 bits per heavy atom. The van der Waals surface area contributed by atoms with Crippen LogP contribution >= 0.6 is 0 Å². The van der Waals surface area contributed by atoms with E-state index in [4.69, 9.17) is 9.73 Å². The van der Waals surface area contributed by atoms with E-state index in [9.17, 15) is 0 Å². The molecule has 0 radical (unpaired) electrons. The van der Waals surface area contributed by atoms with Crippen molar-refractivity contribution in [3.05, 3.63) is 0 Å². The summed E-state index contributed by atoms with van der Waals surface area (Å²) in [6, 6.07) is 0.514. The van der Waals surface area contributed by atoms with Crippen molar-refractivity contribution >= 4 is 5.96 Å². The molecule has 3 unspecified atom stereocenters. The highest BCUT2D eigenvalue weighted by molar-refractivity contribution is 5.81. The molecule has 0 aromatic heterocycles. The van der Waals surface area contributed by atoms with Crippen LogP contribution in [0.25, 0.3) is 0 Å². The van der Waals surface area contributed by atoms with Crippen LogP contribution in [0.4, 0.5) is 0 Å². The van der Waals surface area contributed by atoms with Crippen LogP contribution in [-0.2, 0) is 4.74 Å². The van der Waals surface area contributed by atoms with Gasteiger partial charge in [-0.25, -0.2) is 0 Å². The predicted molar refractivity (Wildman–Crippen MR) is 93.6 cm³/mol. The van der Waals surface area contributed by atoms with Gasteiger partial charge in [-0.3, -0.25) is 4.99 Å². The van der Waals surface area contributed by atoms with E-state index in [0.717, 1.165) is 13.2 Å². The first-order valence-corrected chi connectivity index (χ1v) is 9.73. The maximum absolute atomic E-state index is 5.95. The number of hydrogen-bond acceptors (Lipinski definition) is 2. The average molecular weight is 319 g/mol. The molecule has 0 amide bonds. The Balaban J connectivity index is 1.46. The van der Waals surface area contributed by atoms with Crippen molar-refractivity contribution < 1.29 is 4.74 Å². The van der Waals surface area contributed by atoms with E-state index in [1.807, 2.05) is 0 Å². The van der Waals surface area contributed by atoms with Gasteiger partial charge < -0.3 is 15.0 Å². The summed E-state index contributed by atoms with van der Waals surface area (Å²) in [6.45, 7) is 11.1. The number of guanidine groups is 1. The fraction of sp³-hybridized carbons (Fsp3) is 0.947. The Morgan fingerprint density at radius 2 is 2.04 bits per heavy atom. The van der Waals surface area contributed by atoms with Crippen molar-refractivity contribution in [2.75, 3.05) is 26.2 Å². The molecule has 0 bridgehead atoms. The summed E-state index contributed by atoms with van der Waals surface area (Å²) in [4.78, 5) is 7.40. The Hall–Kier alpha value is -0.770. The Labute approximate surface area is 141 Å². The molecule has 1 spiro atoms. The van der Waals surface area contributed by atoms with Gasteiger partial charge in [0.25, 0.3) is 0 Å². The lowest BCUT2D eigenvalue weighted by atomic mass is 9.57. The molecule has 2 aliphatic carbocycles. The molecule has 4 aliphatic rings. The summed E-state index contributed by atoms with van der Waals surface area (Å²) in [5.41, 5.74) is 0.824. The van der Waals surface area contributed by atoms with Crippen molar-refractivity contribution in [1.82, 2.24) is 10.2 Å². The third-order valence-corrected chi connectivity index (χ3v) is 7.10. The van der Waals surface area contributed by atoms with Crippen LogP contribution < -0.4 is 5.32 Å². The first-order valence-electron chi connectivity index (χ1n) is 9.73. The number of likely N-dealkylation sites (tertiary alicyclic amines) is 1. The summed E-state index contributed by atoms with van der Waals surface area (Å²) in [7, 11) is 0. The molecule has 4 heteroatoms. The molecule has 23 heavy (non-hydrogen) atoms. The highest BCUT2D eigenvalue weighted by Crippen LogP contribution is 2.52. The van der Waals surface area contributed by atoms with Gasteiger partial charge in [-0.15, -0.1) is 0 Å². The first-order chi connectivity index (χ1) is 11.1. The number of ether oxygens (including phenoxy) is 1. The van der Waals surface area contributed by atoms with E-state index in [-0.39, 0.29) is 5.41 Å². The summed E-state index contributed by atoms with van der Waals surface area (Å²) < 4.78 is 5.95. The summed E-state index contributed by atoms with van der Waals surface area (Å²) in [5, 5.41) is 3.86. The minimum absolute atomic E-state index is 0.223. The van der Waals surface area contributed by atoms with Crippen LogP contribution in [0.5, 0.6) is 0 Å². The molecule has 130 valence electrons. The van der Waals surface area contributed by atoms with E-state index in [0.29, 0.717) is 23.5 Å². The second-order valence-corrected chi connectivity index (χ2v) is 8.86. The molecular formula is C19H33N3O. The van der Waals surface area contributed by atoms with Gasteiger partial charge in [0.15, 0.2) is 5.96 Å². The molecule has 0 aromatic rings. The topological polar surface area (TPSA) is 36.9 Å². The van der Waals surface area contributed by atoms with E-state index >= 15 is 0 Å². The summed E-state index contributed by atoms with van der Waals surface area (Å²) in [6.07, 6.45) is 8.72. The normalized spacial score (nSPS) is 38.0. The molecule has 4 nitrogen and oxygen atoms in total. The minimum atomic E-state index is 0.223. The smallest absolute Gasteiger partial charge is 0.194 e. The maximum atomic E-state index is 5.95. The van der Waals surface area contributed by atoms with Crippen molar-refractivity contribution in [2.45, 2.75) is 71.4 Å². The van der Waals surface area contributed by atoms with Gasteiger partial charge >= 0.3 is 0 Å². The zero-order valence-electron chi connectivity index (χ0n) is 15.1. The van der Waals surface area contributed by atoms with Gasteiger partial charge in [-0.2, -0.15) is 0 Å². The Bertz CT molecular complexity index is 481. The van der Waals surface area contributed by atoms with Crippen LogP contribution in [0.2, 0.25) is 0 Å². The van der Waals surface area contributed by atoms with Gasteiger partial charge in [-0.1, -0.05) is 26.7 Å². The minimum Gasteiger partial charge on any atom is -0.377 e. The van der Waals surface area contributed by atoms with Gasteiger partial charge in [0.2, 0.25) is 0 Å². The lowest BCUT2D eigenvalue weighted by Crippen LogP contribution is -2.68. The molecule has 3 atom stereocenters. The number of nitrogens with zero attached hydrogens (tertiary/aromatic N) is 2. The van der Waals surface area contributed by atoms with Crippen LogP contribution in [0.3, 0.4) is 0 Å². The van der Waals surface area contributed by atoms with Crippen LogP contribution in [0.15, 0.2) is 4.99 Å². The lowest BCUT2D eigenvalue weighted by molar-refractivity contribution is -0.107. The largest absolute Gasteiger partial charge is 0.377 e. The molecule has 4 fully saturated rings. The standard InChI is InChI=1S/C19H33N3O/c1-4-20-17(22-11-10-19(13-22)8-5-6-9-19)21-15-14-7-12-23-16(14)18(15,2)3/h14-16H,4-13H2,1-3H3,(H,20,21). The van der Waals surface area contributed by atoms with Gasteiger partial charge in [0, 0.05) is 43.6 Å². The van der Waals surface area contributed by atoms with Crippen molar-refractivity contribution in [3.63, 3.8) is 0 Å². The van der Waals surface area contributed by atoms with Crippen LogP contribution in [0, 0.1) is 16.7 Å². The van der Waals surface area contributed by atoms with E-state index in [1.165, 1.54) is 57.6 Å². The monoisotopic (exact) mass is 319 g/mol. The third kappa shape index (κ3) is 2.48. The van der Waals surface area contributed by atoms with Crippen LogP contribution in [0.1, 0.15) is 59.3 Å². The van der Waals surface area contributed by atoms with Crippen molar-refractivity contribution in [2.24, 2.45) is 21.7 Å². The number of nitrogens with one attached hydrogen (secondary N) is 1. The highest BCUT2D eigenvalue weighted by Gasteiger charge is 2.60. The molecule has 2 saturated heterocycles. The molecule has 4 rings (SSSR count). The highest BCUT2D eigenvalue weighted by atomic mass is 16.5. The number of aliphatic imine (C=N–C) groups is 1. The van der Waals surface area contributed by atoms with Gasteiger partial charge in [0.1, 0.15) is 0 Å². The molecule has 2 aliphatic heterocycles. The SMILES string of the molecule is CCN=C(NC1C2CCOC2C1(C)C)N1CCC2(CCCC2)C1. The molecule has 2 heterocycles. The van der Waals surface area contributed by atoms with Crippen molar-refractivity contribution in [3.8, 4) is 0 Å².